The second-order valence-electron chi connectivity index (χ2n) is 11.8. The Morgan fingerprint density at radius 1 is 0.452 bits per heavy atom. The minimum Gasteiger partial charge on any atom is -0.311 e. The van der Waals surface area contributed by atoms with Gasteiger partial charge < -0.3 is 9.80 Å². The van der Waals surface area contributed by atoms with Gasteiger partial charge >= 0.3 is 0 Å². The molecule has 2 heterocycles. The van der Waals surface area contributed by atoms with Crippen molar-refractivity contribution in [1.29, 1.82) is 0 Å². The van der Waals surface area contributed by atoms with Crippen LogP contribution >= 0.6 is 0 Å². The third-order valence-corrected chi connectivity index (χ3v) is 9.12. The summed E-state index contributed by atoms with van der Waals surface area (Å²) in [7, 11) is 0. The fourth-order valence-electron chi connectivity index (χ4n) is 7.15. The number of rotatable bonds is 4. The number of benzene rings is 6. The monoisotopic (exact) mass is 538 g/mol. The number of fused-ring (bicyclic) bond motifs is 4. The molecule has 0 fully saturated rings. The summed E-state index contributed by atoms with van der Waals surface area (Å²) in [6.07, 6.45) is 0. The van der Waals surface area contributed by atoms with Crippen LogP contribution in [0.3, 0.4) is 0 Å². The van der Waals surface area contributed by atoms with Gasteiger partial charge in [-0.2, -0.15) is 0 Å². The highest BCUT2D eigenvalue weighted by atomic mass is 15.2. The third-order valence-electron chi connectivity index (χ3n) is 9.12. The lowest BCUT2D eigenvalue weighted by atomic mass is 9.33. The number of para-hydroxylation sites is 4. The normalized spacial score (nSPS) is 13.3. The van der Waals surface area contributed by atoms with Gasteiger partial charge in [-0.1, -0.05) is 123 Å². The van der Waals surface area contributed by atoms with Gasteiger partial charge in [0.05, 0.1) is 0 Å². The van der Waals surface area contributed by atoms with Gasteiger partial charge in [-0.05, 0) is 70.0 Å². The molecule has 0 atom stereocenters. The Morgan fingerprint density at radius 2 is 0.952 bits per heavy atom. The van der Waals surface area contributed by atoms with Crippen molar-refractivity contribution in [3.63, 3.8) is 0 Å². The zero-order valence-corrected chi connectivity index (χ0v) is 23.9. The topological polar surface area (TPSA) is 6.48 Å². The third kappa shape index (κ3) is 3.60. The highest BCUT2D eigenvalue weighted by molar-refractivity contribution is 7.00. The van der Waals surface area contributed by atoms with Crippen LogP contribution in [0.1, 0.15) is 25.0 Å². The molecule has 8 rings (SSSR count). The van der Waals surface area contributed by atoms with Gasteiger partial charge in [0, 0.05) is 39.5 Å². The van der Waals surface area contributed by atoms with E-state index in [1.165, 1.54) is 61.6 Å². The molecule has 0 aliphatic carbocycles. The van der Waals surface area contributed by atoms with E-state index < -0.39 is 0 Å². The maximum atomic E-state index is 2.52. The molecule has 6 aromatic carbocycles. The molecule has 0 aromatic heterocycles. The molecule has 0 bridgehead atoms. The summed E-state index contributed by atoms with van der Waals surface area (Å²) in [5.41, 5.74) is 13.8. The summed E-state index contributed by atoms with van der Waals surface area (Å²) < 4.78 is 0. The Balaban J connectivity index is 1.47. The van der Waals surface area contributed by atoms with Crippen LogP contribution in [-0.2, 0) is 5.41 Å². The summed E-state index contributed by atoms with van der Waals surface area (Å²) in [4.78, 5) is 4.96. The fraction of sp³-hybridized carbons (Fsp3) is 0.0769. The number of hydrogen-bond donors (Lipinski definition) is 0. The van der Waals surface area contributed by atoms with Crippen LogP contribution in [0.5, 0.6) is 0 Å². The molecular formula is C39H31BN2. The molecule has 0 spiro atoms. The first kappa shape index (κ1) is 24.8. The quantitative estimate of drug-likeness (QED) is 0.209. The van der Waals surface area contributed by atoms with Crippen LogP contribution < -0.4 is 26.2 Å². The zero-order chi connectivity index (χ0) is 28.3. The Kier molecular flexibility index (Phi) is 5.62. The van der Waals surface area contributed by atoms with Crippen LogP contribution in [0.15, 0.2) is 152 Å². The fourth-order valence-corrected chi connectivity index (χ4v) is 7.15. The van der Waals surface area contributed by atoms with Crippen molar-refractivity contribution >= 4 is 57.2 Å². The molecule has 2 nitrogen and oxygen atoms in total. The Hall–Kier alpha value is -5.02. The SMILES string of the molecule is CC(C)(c1ccccc1)c1cccc2c1N(c1ccccc1)c1cccc3c1B2c1ccccc1N3c1ccccc1. The van der Waals surface area contributed by atoms with Crippen molar-refractivity contribution in [2.75, 3.05) is 9.80 Å². The lowest BCUT2D eigenvalue weighted by molar-refractivity contribution is 0.642. The number of hydrogen-bond acceptors (Lipinski definition) is 2. The molecule has 2 aliphatic heterocycles. The molecule has 0 N–H and O–H groups in total. The first-order chi connectivity index (χ1) is 20.6. The van der Waals surface area contributed by atoms with Crippen molar-refractivity contribution in [2.45, 2.75) is 19.3 Å². The number of anilines is 6. The minimum absolute atomic E-state index is 0.119. The van der Waals surface area contributed by atoms with Gasteiger partial charge in [0.25, 0.3) is 6.71 Å². The van der Waals surface area contributed by atoms with E-state index in [9.17, 15) is 0 Å². The largest absolute Gasteiger partial charge is 0.311 e. The first-order valence-electron chi connectivity index (χ1n) is 14.8. The molecule has 0 saturated heterocycles. The van der Waals surface area contributed by atoms with E-state index in [4.69, 9.17) is 0 Å². The van der Waals surface area contributed by atoms with E-state index in [-0.39, 0.29) is 12.1 Å². The first-order valence-corrected chi connectivity index (χ1v) is 14.8. The molecule has 2 aliphatic rings. The standard InChI is InChI=1S/C39H31BN2/c1-39(2,28-16-6-3-7-17-28)31-22-14-24-33-38(31)42(30-20-10-5-11-21-30)36-27-15-26-35-37(36)40(33)32-23-12-13-25-34(32)41(35)29-18-8-4-9-19-29/h3-27H,1-2H3. The van der Waals surface area contributed by atoms with Crippen LogP contribution in [0.2, 0.25) is 0 Å². The summed E-state index contributed by atoms with van der Waals surface area (Å²) in [6, 6.07) is 55.3. The van der Waals surface area contributed by atoms with Gasteiger partial charge in [0.2, 0.25) is 0 Å². The van der Waals surface area contributed by atoms with E-state index in [1.807, 2.05) is 0 Å². The Labute approximate surface area is 248 Å². The molecule has 0 amide bonds. The van der Waals surface area contributed by atoms with Crippen LogP contribution in [0, 0.1) is 0 Å². The van der Waals surface area contributed by atoms with Crippen molar-refractivity contribution < 1.29 is 0 Å². The molecule has 6 aromatic rings. The molecule has 42 heavy (non-hydrogen) atoms. The Morgan fingerprint density at radius 3 is 1.64 bits per heavy atom. The highest BCUT2D eigenvalue weighted by Gasteiger charge is 2.44. The Bertz CT molecular complexity index is 1920. The molecule has 0 radical (unpaired) electrons. The van der Waals surface area contributed by atoms with Gasteiger partial charge in [-0.3, -0.25) is 0 Å². The lowest BCUT2D eigenvalue weighted by Crippen LogP contribution is -2.61. The van der Waals surface area contributed by atoms with Gasteiger partial charge in [0.15, 0.2) is 0 Å². The summed E-state index contributed by atoms with van der Waals surface area (Å²) in [6.45, 7) is 4.84. The molecular weight excluding hydrogens is 507 g/mol. The molecule has 0 unspecified atom stereocenters. The lowest BCUT2D eigenvalue weighted by Gasteiger charge is -2.46. The van der Waals surface area contributed by atoms with Crippen LogP contribution in [0.25, 0.3) is 0 Å². The number of nitrogens with zero attached hydrogens (tertiary/aromatic N) is 2. The second-order valence-corrected chi connectivity index (χ2v) is 11.8. The van der Waals surface area contributed by atoms with Crippen molar-refractivity contribution in [2.24, 2.45) is 0 Å². The van der Waals surface area contributed by atoms with E-state index in [0.717, 1.165) is 0 Å². The summed E-state index contributed by atoms with van der Waals surface area (Å²) >= 11 is 0. The van der Waals surface area contributed by atoms with E-state index in [1.54, 1.807) is 0 Å². The second kappa shape index (κ2) is 9.53. The molecule has 3 heteroatoms. The van der Waals surface area contributed by atoms with E-state index in [0.29, 0.717) is 0 Å². The van der Waals surface area contributed by atoms with Gasteiger partial charge in [0.1, 0.15) is 0 Å². The van der Waals surface area contributed by atoms with Crippen LogP contribution in [0.4, 0.5) is 34.1 Å². The summed E-state index contributed by atoms with van der Waals surface area (Å²) in [5, 5.41) is 0. The van der Waals surface area contributed by atoms with Gasteiger partial charge in [-0.25, -0.2) is 0 Å². The average Bonchev–Trinajstić information content (AvgIpc) is 3.05. The highest BCUT2D eigenvalue weighted by Crippen LogP contribution is 2.47. The van der Waals surface area contributed by atoms with Crippen molar-refractivity contribution in [3.05, 3.63) is 163 Å². The molecule has 200 valence electrons. The molecule has 0 saturated carbocycles. The van der Waals surface area contributed by atoms with E-state index in [2.05, 4.69) is 175 Å². The van der Waals surface area contributed by atoms with Crippen molar-refractivity contribution in [1.82, 2.24) is 0 Å². The predicted molar refractivity (Wildman–Crippen MR) is 179 cm³/mol. The minimum atomic E-state index is -0.209. The van der Waals surface area contributed by atoms with Gasteiger partial charge in [-0.15, -0.1) is 0 Å². The van der Waals surface area contributed by atoms with Crippen molar-refractivity contribution in [3.8, 4) is 0 Å². The maximum Gasteiger partial charge on any atom is 0.252 e. The smallest absolute Gasteiger partial charge is 0.252 e. The zero-order valence-electron chi connectivity index (χ0n) is 23.9. The maximum absolute atomic E-state index is 2.52. The summed E-state index contributed by atoms with van der Waals surface area (Å²) in [5.74, 6) is 0. The average molecular weight is 539 g/mol. The van der Waals surface area contributed by atoms with E-state index >= 15 is 0 Å². The predicted octanol–water partition coefficient (Wildman–Crippen LogP) is 8.10. The van der Waals surface area contributed by atoms with Crippen LogP contribution in [-0.4, -0.2) is 6.71 Å².